The predicted octanol–water partition coefficient (Wildman–Crippen LogP) is 5.95. The van der Waals surface area contributed by atoms with Crippen LogP contribution in [-0.2, 0) is 16.1 Å². The van der Waals surface area contributed by atoms with Crippen LogP contribution in [-0.4, -0.2) is 33.8 Å². The molecule has 0 aliphatic heterocycles. The lowest BCUT2D eigenvalue weighted by molar-refractivity contribution is -0.143. The number of esters is 1. The first-order valence-electron chi connectivity index (χ1n) is 12.1. The van der Waals surface area contributed by atoms with Crippen molar-refractivity contribution in [3.05, 3.63) is 77.7 Å². The number of halogens is 2. The molecule has 2 aromatic carbocycles. The van der Waals surface area contributed by atoms with Crippen LogP contribution >= 0.6 is 0 Å². The first-order chi connectivity index (χ1) is 18.4. The van der Waals surface area contributed by atoms with Gasteiger partial charge in [-0.05, 0) is 67.8 Å². The lowest BCUT2D eigenvalue weighted by atomic mass is 9.96. The number of fused-ring (bicyclic) bond motifs is 1. The van der Waals surface area contributed by atoms with Crippen molar-refractivity contribution in [3.8, 4) is 34.5 Å². The fourth-order valence-electron chi connectivity index (χ4n) is 4.16. The molecular formula is C29H27F2N3O4. The van der Waals surface area contributed by atoms with E-state index in [-0.39, 0.29) is 30.7 Å². The molecule has 0 aliphatic rings. The third-order valence-electron chi connectivity index (χ3n) is 5.86. The number of pyridine rings is 1. The normalized spacial score (nSPS) is 11.6. The van der Waals surface area contributed by atoms with Gasteiger partial charge in [0.05, 0.1) is 18.9 Å². The molecule has 9 heteroatoms. The smallest absolute Gasteiger partial charge is 0.387 e. The van der Waals surface area contributed by atoms with Crippen molar-refractivity contribution in [2.24, 2.45) is 0 Å². The average Bonchev–Trinajstić information content (AvgIpc) is 3.36. The molecule has 0 saturated heterocycles. The second kappa shape index (κ2) is 12.2. The lowest BCUT2D eigenvalue weighted by Gasteiger charge is -2.14. The van der Waals surface area contributed by atoms with E-state index in [2.05, 4.69) is 26.7 Å². The topological polar surface area (TPSA) is 75.0 Å². The number of hydrogen-bond acceptors (Lipinski definition) is 6. The second-order valence-corrected chi connectivity index (χ2v) is 8.45. The number of carbonyl (C=O) groups is 1. The maximum absolute atomic E-state index is 12.6. The highest BCUT2D eigenvalue weighted by atomic mass is 19.3. The van der Waals surface area contributed by atoms with Gasteiger partial charge < -0.3 is 14.2 Å². The zero-order valence-electron chi connectivity index (χ0n) is 21.3. The van der Waals surface area contributed by atoms with Crippen LogP contribution in [0.25, 0.3) is 16.8 Å². The minimum absolute atomic E-state index is 0.101. The highest BCUT2D eigenvalue weighted by Gasteiger charge is 2.16. The Kier molecular flexibility index (Phi) is 8.54. The van der Waals surface area contributed by atoms with Crippen LogP contribution in [0.1, 0.15) is 42.9 Å². The molecular weight excluding hydrogens is 492 g/mol. The summed E-state index contributed by atoms with van der Waals surface area (Å²) in [7, 11) is 0. The Morgan fingerprint density at radius 1 is 1.11 bits per heavy atom. The van der Waals surface area contributed by atoms with Gasteiger partial charge in [0.1, 0.15) is 24.4 Å². The third-order valence-corrected chi connectivity index (χ3v) is 5.86. The molecule has 0 radical (unpaired) electrons. The maximum Gasteiger partial charge on any atom is 0.387 e. The number of rotatable bonds is 10. The van der Waals surface area contributed by atoms with Gasteiger partial charge in [-0.25, -0.2) is 9.50 Å². The monoisotopic (exact) mass is 519 g/mol. The summed E-state index contributed by atoms with van der Waals surface area (Å²) in [6, 6.07) is 14.2. The number of benzene rings is 2. The van der Waals surface area contributed by atoms with Crippen molar-refractivity contribution >= 4 is 11.6 Å². The van der Waals surface area contributed by atoms with Crippen molar-refractivity contribution in [3.63, 3.8) is 0 Å². The molecule has 2 heterocycles. The minimum atomic E-state index is -2.88. The fourth-order valence-corrected chi connectivity index (χ4v) is 4.16. The van der Waals surface area contributed by atoms with E-state index in [9.17, 15) is 13.6 Å². The second-order valence-electron chi connectivity index (χ2n) is 8.45. The number of alkyl halides is 2. The van der Waals surface area contributed by atoms with Gasteiger partial charge in [0, 0.05) is 17.3 Å². The van der Waals surface area contributed by atoms with Crippen LogP contribution < -0.4 is 9.47 Å². The molecule has 196 valence electrons. The van der Waals surface area contributed by atoms with Gasteiger partial charge >= 0.3 is 12.6 Å². The number of carbonyl (C=O) groups excluding carboxylic acids is 1. The van der Waals surface area contributed by atoms with Crippen molar-refractivity contribution in [2.45, 2.75) is 46.3 Å². The summed E-state index contributed by atoms with van der Waals surface area (Å²) in [6.07, 6.45) is 3.47. The Bertz CT molecular complexity index is 1470. The van der Waals surface area contributed by atoms with Crippen LogP contribution in [0.5, 0.6) is 11.5 Å². The van der Waals surface area contributed by atoms with Gasteiger partial charge in [0.25, 0.3) is 0 Å². The van der Waals surface area contributed by atoms with Crippen molar-refractivity contribution in [1.29, 1.82) is 0 Å². The van der Waals surface area contributed by atoms with Crippen LogP contribution in [0.4, 0.5) is 8.78 Å². The van der Waals surface area contributed by atoms with Crippen LogP contribution in [0.3, 0.4) is 0 Å². The van der Waals surface area contributed by atoms with E-state index < -0.39 is 6.61 Å². The molecule has 0 unspecified atom stereocenters. The van der Waals surface area contributed by atoms with Crippen LogP contribution in [0.15, 0.2) is 61.1 Å². The van der Waals surface area contributed by atoms with Crippen LogP contribution in [0.2, 0.25) is 0 Å². The standard InChI is InChI=1S/C29H27F2N3O4/c1-4-6-21(15-27(35)36-5-2)20-7-9-24(10-8-20)37-17-23-14-22(16-34-28(23)32-18-33-34)26-12-11-25(13-19(26)3)38-29(30)31/h7-14,16,18,21,29H,5,15,17H2,1-3H3/t21-/m0/s1. The summed E-state index contributed by atoms with van der Waals surface area (Å²) in [5.41, 5.74) is 4.80. The molecule has 1 atom stereocenters. The Labute approximate surface area is 219 Å². The predicted molar refractivity (Wildman–Crippen MR) is 138 cm³/mol. The van der Waals surface area contributed by atoms with Gasteiger partial charge in [0.15, 0.2) is 5.65 Å². The number of aryl methyl sites for hydroxylation is 1. The van der Waals surface area contributed by atoms with E-state index >= 15 is 0 Å². The molecule has 0 saturated carbocycles. The van der Waals surface area contributed by atoms with Crippen LogP contribution in [0, 0.1) is 18.8 Å². The van der Waals surface area contributed by atoms with Gasteiger partial charge in [-0.3, -0.25) is 4.79 Å². The van der Waals surface area contributed by atoms with Crippen molar-refractivity contribution < 1.29 is 27.8 Å². The van der Waals surface area contributed by atoms with Crippen molar-refractivity contribution in [2.75, 3.05) is 6.61 Å². The molecule has 0 fully saturated rings. The molecule has 0 bridgehead atoms. The summed E-state index contributed by atoms with van der Waals surface area (Å²) < 4.78 is 42.5. The molecule has 7 nitrogen and oxygen atoms in total. The largest absolute Gasteiger partial charge is 0.489 e. The SMILES string of the molecule is CC#C[C@@H](CC(=O)OCC)c1ccc(OCc2cc(-c3ccc(OC(F)F)cc3C)cn3ncnc23)cc1. The highest BCUT2D eigenvalue weighted by molar-refractivity contribution is 5.71. The first kappa shape index (κ1) is 26.6. The third kappa shape index (κ3) is 6.45. The van der Waals surface area contributed by atoms with Crippen molar-refractivity contribution in [1.82, 2.24) is 14.6 Å². The van der Waals surface area contributed by atoms with E-state index in [4.69, 9.17) is 9.47 Å². The molecule has 4 rings (SSSR count). The molecule has 0 aliphatic carbocycles. The van der Waals surface area contributed by atoms with Gasteiger partial charge in [-0.15, -0.1) is 5.92 Å². The molecule has 4 aromatic rings. The van der Waals surface area contributed by atoms with Gasteiger partial charge in [0.2, 0.25) is 0 Å². The summed E-state index contributed by atoms with van der Waals surface area (Å²) in [4.78, 5) is 16.3. The number of aromatic nitrogens is 3. The summed E-state index contributed by atoms with van der Waals surface area (Å²) in [5.74, 6) is 6.14. The Hall–Kier alpha value is -4.45. The first-order valence-corrected chi connectivity index (χ1v) is 12.1. The molecule has 0 spiro atoms. The number of ether oxygens (including phenoxy) is 3. The Morgan fingerprint density at radius 2 is 1.87 bits per heavy atom. The zero-order valence-corrected chi connectivity index (χ0v) is 21.3. The summed E-state index contributed by atoms with van der Waals surface area (Å²) >= 11 is 0. The lowest BCUT2D eigenvalue weighted by Crippen LogP contribution is -2.09. The number of hydrogen-bond donors (Lipinski definition) is 0. The average molecular weight is 520 g/mol. The number of nitrogens with zero attached hydrogens (tertiary/aromatic N) is 3. The van der Waals surface area contributed by atoms with Gasteiger partial charge in [-0.2, -0.15) is 13.9 Å². The molecule has 0 N–H and O–H groups in total. The van der Waals surface area contributed by atoms with E-state index in [1.165, 1.54) is 12.4 Å². The summed E-state index contributed by atoms with van der Waals surface area (Å²) in [6.45, 7) is 3.01. The van der Waals surface area contributed by atoms with E-state index in [0.717, 1.165) is 27.8 Å². The molecule has 0 amide bonds. The fraction of sp³-hybridized carbons (Fsp3) is 0.276. The Morgan fingerprint density at radius 3 is 2.55 bits per heavy atom. The molecule has 2 aromatic heterocycles. The quantitative estimate of drug-likeness (QED) is 0.191. The molecule has 38 heavy (non-hydrogen) atoms. The van der Waals surface area contributed by atoms with E-state index in [1.807, 2.05) is 43.5 Å². The minimum Gasteiger partial charge on any atom is -0.489 e. The highest BCUT2D eigenvalue weighted by Crippen LogP contribution is 2.30. The Balaban J connectivity index is 1.53. The summed E-state index contributed by atoms with van der Waals surface area (Å²) in [5, 5.41) is 4.27. The maximum atomic E-state index is 12.6. The van der Waals surface area contributed by atoms with E-state index in [1.54, 1.807) is 30.5 Å². The van der Waals surface area contributed by atoms with E-state index in [0.29, 0.717) is 18.0 Å². The zero-order chi connectivity index (χ0) is 27.1. The van der Waals surface area contributed by atoms with Gasteiger partial charge in [-0.1, -0.05) is 24.1 Å².